The first-order valence-corrected chi connectivity index (χ1v) is 5.70. The molecule has 4 heteroatoms. The van der Waals surface area contributed by atoms with Crippen molar-refractivity contribution >= 4 is 5.97 Å². The highest BCUT2D eigenvalue weighted by Crippen LogP contribution is 2.27. The summed E-state index contributed by atoms with van der Waals surface area (Å²) in [5.41, 5.74) is -0.789. The second kappa shape index (κ2) is 4.94. The van der Waals surface area contributed by atoms with Crippen LogP contribution < -0.4 is 5.32 Å². The van der Waals surface area contributed by atoms with E-state index in [1.807, 2.05) is 0 Å². The van der Waals surface area contributed by atoms with Gasteiger partial charge in [0.1, 0.15) is 5.54 Å². The van der Waals surface area contributed by atoms with E-state index in [1.54, 1.807) is 14.0 Å². The summed E-state index contributed by atoms with van der Waals surface area (Å²) in [4.78, 5) is 13.4. The third kappa shape index (κ3) is 3.18. The van der Waals surface area contributed by atoms with Gasteiger partial charge in [0, 0.05) is 12.6 Å². The Kier molecular flexibility index (Phi) is 4.11. The Hall–Kier alpha value is -0.610. The van der Waals surface area contributed by atoms with E-state index in [9.17, 15) is 4.79 Å². The zero-order valence-corrected chi connectivity index (χ0v) is 9.92. The van der Waals surface area contributed by atoms with E-state index >= 15 is 0 Å². The summed E-state index contributed by atoms with van der Waals surface area (Å²) in [6.45, 7) is 5.76. The fourth-order valence-corrected chi connectivity index (χ4v) is 1.74. The van der Waals surface area contributed by atoms with Gasteiger partial charge in [0.05, 0.1) is 0 Å². The zero-order chi connectivity index (χ0) is 11.5. The number of nitrogens with zero attached hydrogens (tertiary/aromatic N) is 1. The number of carboxylic acid groups (broad SMARTS) is 1. The van der Waals surface area contributed by atoms with E-state index in [0.29, 0.717) is 12.5 Å². The zero-order valence-electron chi connectivity index (χ0n) is 9.92. The van der Waals surface area contributed by atoms with Crippen LogP contribution in [0.3, 0.4) is 0 Å². The molecule has 1 aliphatic rings. The fourth-order valence-electron chi connectivity index (χ4n) is 1.74. The molecular formula is C11H22N2O2. The highest BCUT2D eigenvalue weighted by atomic mass is 16.4. The molecule has 2 N–H and O–H groups in total. The van der Waals surface area contributed by atoms with E-state index in [4.69, 9.17) is 5.11 Å². The molecule has 1 saturated carbocycles. The Labute approximate surface area is 91.6 Å². The van der Waals surface area contributed by atoms with Crippen LogP contribution in [0.25, 0.3) is 0 Å². The largest absolute Gasteiger partial charge is 0.480 e. The molecule has 0 saturated heterocycles. The number of carbonyl (C=O) groups is 1. The first-order valence-electron chi connectivity index (χ1n) is 5.70. The summed E-state index contributed by atoms with van der Waals surface area (Å²) in [7, 11) is 1.71. The smallest absolute Gasteiger partial charge is 0.323 e. The number of hydrogen-bond donors (Lipinski definition) is 2. The van der Waals surface area contributed by atoms with Crippen LogP contribution in [0.4, 0.5) is 0 Å². The molecular weight excluding hydrogens is 192 g/mol. The minimum Gasteiger partial charge on any atom is -0.480 e. The molecule has 0 aromatic heterocycles. The molecule has 1 unspecified atom stereocenters. The maximum atomic E-state index is 11.1. The Morgan fingerprint density at radius 1 is 1.60 bits per heavy atom. The predicted molar refractivity (Wildman–Crippen MR) is 60.0 cm³/mol. The maximum Gasteiger partial charge on any atom is 0.323 e. The molecule has 1 atom stereocenters. The molecule has 0 radical (unpaired) electrons. The van der Waals surface area contributed by atoms with Gasteiger partial charge in [-0.05, 0) is 39.8 Å². The maximum absolute atomic E-state index is 11.1. The van der Waals surface area contributed by atoms with Crippen LogP contribution in [0, 0.1) is 0 Å². The third-order valence-electron chi connectivity index (χ3n) is 3.39. The van der Waals surface area contributed by atoms with Crippen molar-refractivity contribution in [3.63, 3.8) is 0 Å². The molecule has 0 aromatic rings. The summed E-state index contributed by atoms with van der Waals surface area (Å²) in [6.07, 6.45) is 3.21. The van der Waals surface area contributed by atoms with Crippen molar-refractivity contribution in [1.29, 1.82) is 0 Å². The van der Waals surface area contributed by atoms with Crippen molar-refractivity contribution in [1.82, 2.24) is 10.2 Å². The molecule has 0 bridgehead atoms. The van der Waals surface area contributed by atoms with Gasteiger partial charge in [-0.2, -0.15) is 0 Å². The Balaban J connectivity index is 2.41. The van der Waals surface area contributed by atoms with E-state index in [0.717, 1.165) is 13.1 Å². The second-order valence-corrected chi connectivity index (χ2v) is 4.50. The van der Waals surface area contributed by atoms with Gasteiger partial charge in [-0.25, -0.2) is 0 Å². The van der Waals surface area contributed by atoms with Gasteiger partial charge >= 0.3 is 5.97 Å². The molecule has 0 aliphatic heterocycles. The van der Waals surface area contributed by atoms with Crippen molar-refractivity contribution in [2.24, 2.45) is 0 Å². The van der Waals surface area contributed by atoms with E-state index in [2.05, 4.69) is 17.1 Å². The predicted octanol–water partition coefficient (Wildman–Crippen LogP) is 0.923. The molecule has 15 heavy (non-hydrogen) atoms. The quantitative estimate of drug-likeness (QED) is 0.662. The number of aliphatic carboxylic acids is 1. The average molecular weight is 214 g/mol. The summed E-state index contributed by atoms with van der Waals surface area (Å²) in [5, 5.41) is 12.0. The van der Waals surface area contributed by atoms with Crippen LogP contribution in [0.1, 0.15) is 33.1 Å². The number of hydrogen-bond acceptors (Lipinski definition) is 3. The lowest BCUT2D eigenvalue weighted by molar-refractivity contribution is -0.144. The van der Waals surface area contributed by atoms with Crippen molar-refractivity contribution in [3.05, 3.63) is 0 Å². The van der Waals surface area contributed by atoms with Gasteiger partial charge in [0.25, 0.3) is 0 Å². The highest BCUT2D eigenvalue weighted by molar-refractivity contribution is 5.78. The SMILES string of the molecule is CCN(CCC(C)(NC)C(=O)O)C1CC1. The van der Waals surface area contributed by atoms with Gasteiger partial charge in [0.2, 0.25) is 0 Å². The molecule has 0 aromatic carbocycles. The first-order chi connectivity index (χ1) is 7.03. The summed E-state index contributed by atoms with van der Waals surface area (Å²) < 4.78 is 0. The number of nitrogens with one attached hydrogen (secondary N) is 1. The molecule has 4 nitrogen and oxygen atoms in total. The van der Waals surface area contributed by atoms with Gasteiger partial charge in [-0.3, -0.25) is 4.79 Å². The lowest BCUT2D eigenvalue weighted by Crippen LogP contribution is -2.49. The Morgan fingerprint density at radius 3 is 2.53 bits per heavy atom. The third-order valence-corrected chi connectivity index (χ3v) is 3.39. The topological polar surface area (TPSA) is 52.6 Å². The summed E-state index contributed by atoms with van der Waals surface area (Å²) >= 11 is 0. The first kappa shape index (κ1) is 12.5. The van der Waals surface area contributed by atoms with E-state index in [-0.39, 0.29) is 0 Å². The molecule has 1 aliphatic carbocycles. The number of rotatable bonds is 7. The molecule has 0 amide bonds. The second-order valence-electron chi connectivity index (χ2n) is 4.50. The summed E-state index contributed by atoms with van der Waals surface area (Å²) in [5.74, 6) is -0.767. The van der Waals surface area contributed by atoms with Gasteiger partial charge in [0.15, 0.2) is 0 Å². The molecule has 88 valence electrons. The van der Waals surface area contributed by atoms with Crippen molar-refractivity contribution in [3.8, 4) is 0 Å². The standard InChI is InChI=1S/C11H22N2O2/c1-4-13(9-5-6-9)8-7-11(2,12-3)10(14)15/h9,12H,4-8H2,1-3H3,(H,14,15). The van der Waals surface area contributed by atoms with Crippen molar-refractivity contribution in [2.75, 3.05) is 20.1 Å². The van der Waals surface area contributed by atoms with Crippen LogP contribution in [0.15, 0.2) is 0 Å². The van der Waals surface area contributed by atoms with E-state index in [1.165, 1.54) is 12.8 Å². The minimum atomic E-state index is -0.789. The lowest BCUT2D eigenvalue weighted by Gasteiger charge is -2.28. The fraction of sp³-hybridized carbons (Fsp3) is 0.909. The van der Waals surface area contributed by atoms with Crippen LogP contribution in [-0.4, -0.2) is 47.7 Å². The Bertz CT molecular complexity index is 229. The normalized spacial score (nSPS) is 20.3. The van der Waals surface area contributed by atoms with Crippen LogP contribution in [0.2, 0.25) is 0 Å². The molecule has 1 rings (SSSR count). The molecule has 0 spiro atoms. The minimum absolute atomic E-state index is 0.656. The lowest BCUT2D eigenvalue weighted by atomic mass is 9.98. The summed E-state index contributed by atoms with van der Waals surface area (Å²) in [6, 6.07) is 0.713. The van der Waals surface area contributed by atoms with Crippen LogP contribution in [-0.2, 0) is 4.79 Å². The highest BCUT2D eigenvalue weighted by Gasteiger charge is 2.34. The van der Waals surface area contributed by atoms with Gasteiger partial charge < -0.3 is 15.3 Å². The van der Waals surface area contributed by atoms with Crippen molar-refractivity contribution < 1.29 is 9.90 Å². The van der Waals surface area contributed by atoms with Gasteiger partial charge in [-0.15, -0.1) is 0 Å². The van der Waals surface area contributed by atoms with E-state index < -0.39 is 11.5 Å². The number of likely N-dealkylation sites (N-methyl/N-ethyl adjacent to an activating group) is 1. The van der Waals surface area contributed by atoms with Crippen LogP contribution in [0.5, 0.6) is 0 Å². The molecule has 1 fully saturated rings. The average Bonchev–Trinajstić information content (AvgIpc) is 3.02. The van der Waals surface area contributed by atoms with Crippen molar-refractivity contribution in [2.45, 2.75) is 44.7 Å². The molecule has 0 heterocycles. The monoisotopic (exact) mass is 214 g/mol. The van der Waals surface area contributed by atoms with Gasteiger partial charge in [-0.1, -0.05) is 6.92 Å². The van der Waals surface area contributed by atoms with Crippen LogP contribution >= 0.6 is 0 Å². The Morgan fingerprint density at radius 2 is 2.20 bits per heavy atom. The number of carboxylic acids is 1.